The van der Waals surface area contributed by atoms with E-state index < -0.39 is 0 Å². The molecule has 3 rings (SSSR count). The lowest BCUT2D eigenvalue weighted by Gasteiger charge is -2.22. The van der Waals surface area contributed by atoms with Crippen molar-refractivity contribution in [1.29, 1.82) is 0 Å². The minimum absolute atomic E-state index is 0.0251. The average molecular weight is 328 g/mol. The highest BCUT2D eigenvalue weighted by Gasteiger charge is 2.25. The number of carbonyl (C=O) groups is 2. The number of amides is 2. The number of hydrogen-bond donors (Lipinski definition) is 1. The first-order chi connectivity index (χ1) is 11.6. The molecular formula is C17H20N4O3. The maximum absolute atomic E-state index is 12.3. The largest absolute Gasteiger partial charge is 0.491 e. The number of ether oxygens (including phenoxy) is 1. The highest BCUT2D eigenvalue weighted by Crippen LogP contribution is 2.30. The van der Waals surface area contributed by atoms with Crippen LogP contribution in [0.5, 0.6) is 5.75 Å². The number of aromatic nitrogens is 2. The first-order valence-electron chi connectivity index (χ1n) is 7.92. The van der Waals surface area contributed by atoms with E-state index in [2.05, 4.69) is 10.4 Å². The second kappa shape index (κ2) is 7.16. The van der Waals surface area contributed by atoms with Crippen molar-refractivity contribution in [3.63, 3.8) is 0 Å². The molecule has 0 unspecified atom stereocenters. The van der Waals surface area contributed by atoms with E-state index in [1.807, 2.05) is 31.3 Å². The fourth-order valence-electron chi connectivity index (χ4n) is 2.69. The van der Waals surface area contributed by atoms with Crippen molar-refractivity contribution >= 4 is 17.5 Å². The van der Waals surface area contributed by atoms with Gasteiger partial charge in [-0.15, -0.1) is 0 Å². The molecule has 24 heavy (non-hydrogen) atoms. The molecule has 0 aliphatic carbocycles. The van der Waals surface area contributed by atoms with E-state index in [0.717, 1.165) is 0 Å². The van der Waals surface area contributed by atoms with Gasteiger partial charge >= 0.3 is 0 Å². The molecule has 0 saturated heterocycles. The highest BCUT2D eigenvalue weighted by atomic mass is 16.5. The minimum Gasteiger partial charge on any atom is -0.491 e. The van der Waals surface area contributed by atoms with Gasteiger partial charge in [0.1, 0.15) is 12.3 Å². The topological polar surface area (TPSA) is 76.5 Å². The van der Waals surface area contributed by atoms with Gasteiger partial charge in [0.2, 0.25) is 11.8 Å². The quantitative estimate of drug-likeness (QED) is 0.895. The molecule has 1 aliphatic rings. The second-order valence-corrected chi connectivity index (χ2v) is 5.74. The third-order valence-corrected chi connectivity index (χ3v) is 3.76. The molecule has 1 aromatic carbocycles. The summed E-state index contributed by atoms with van der Waals surface area (Å²) in [7, 11) is 0. The lowest BCUT2D eigenvalue weighted by molar-refractivity contribution is -0.124. The van der Waals surface area contributed by atoms with E-state index >= 15 is 0 Å². The number of nitrogens with one attached hydrogen (secondary N) is 1. The van der Waals surface area contributed by atoms with E-state index in [4.69, 9.17) is 4.74 Å². The van der Waals surface area contributed by atoms with Crippen molar-refractivity contribution in [2.24, 2.45) is 0 Å². The molecule has 2 heterocycles. The van der Waals surface area contributed by atoms with Crippen molar-refractivity contribution in [2.75, 3.05) is 18.1 Å². The molecule has 1 N–H and O–H groups in total. The normalized spacial score (nSPS) is 15.2. The Labute approximate surface area is 140 Å². The summed E-state index contributed by atoms with van der Waals surface area (Å²) in [5.74, 6) is 0.301. The Kier molecular flexibility index (Phi) is 4.79. The zero-order valence-electron chi connectivity index (χ0n) is 13.5. The number of carbonyl (C=O) groups excluding carboxylic acids is 2. The Bertz CT molecular complexity index is 714. The summed E-state index contributed by atoms with van der Waals surface area (Å²) in [5.41, 5.74) is 0.634. The molecule has 0 saturated carbocycles. The number of fused-ring (bicyclic) bond motifs is 1. The number of nitrogens with zero attached hydrogens (tertiary/aromatic N) is 3. The Balaban J connectivity index is 1.65. The summed E-state index contributed by atoms with van der Waals surface area (Å²) < 4.78 is 7.33. The fraction of sp³-hybridized carbons (Fsp3) is 0.353. The summed E-state index contributed by atoms with van der Waals surface area (Å²) >= 11 is 0. The van der Waals surface area contributed by atoms with Crippen LogP contribution in [0.25, 0.3) is 0 Å². The third kappa shape index (κ3) is 3.73. The summed E-state index contributed by atoms with van der Waals surface area (Å²) in [6, 6.07) is 9.01. The van der Waals surface area contributed by atoms with E-state index in [0.29, 0.717) is 24.6 Å². The first-order valence-corrected chi connectivity index (χ1v) is 7.92. The molecule has 1 atom stereocenters. The second-order valence-electron chi connectivity index (χ2n) is 5.74. The van der Waals surface area contributed by atoms with E-state index in [1.165, 1.54) is 4.90 Å². The maximum Gasteiger partial charge on any atom is 0.240 e. The minimum atomic E-state index is -0.209. The zero-order chi connectivity index (χ0) is 16.9. The van der Waals surface area contributed by atoms with Gasteiger partial charge < -0.3 is 10.1 Å². The molecule has 126 valence electrons. The lowest BCUT2D eigenvalue weighted by atomic mass is 10.2. The predicted octanol–water partition coefficient (Wildman–Crippen LogP) is 1.20. The molecule has 2 amide bonds. The van der Waals surface area contributed by atoms with Gasteiger partial charge in [0, 0.05) is 18.4 Å². The predicted molar refractivity (Wildman–Crippen MR) is 88.7 cm³/mol. The van der Waals surface area contributed by atoms with E-state index in [1.54, 1.807) is 23.0 Å². The van der Waals surface area contributed by atoms with Crippen molar-refractivity contribution in [3.05, 3.63) is 42.7 Å². The fourth-order valence-corrected chi connectivity index (χ4v) is 2.69. The Hall–Kier alpha value is -2.83. The molecule has 0 radical (unpaired) electrons. The molecule has 1 aromatic heterocycles. The van der Waals surface area contributed by atoms with Gasteiger partial charge in [0.05, 0.1) is 25.3 Å². The highest BCUT2D eigenvalue weighted by molar-refractivity contribution is 6.00. The number of anilines is 1. The molecule has 0 bridgehead atoms. The summed E-state index contributed by atoms with van der Waals surface area (Å²) in [5, 5.41) is 7.02. The van der Waals surface area contributed by atoms with Crippen LogP contribution in [0.2, 0.25) is 0 Å². The van der Waals surface area contributed by atoms with Crippen LogP contribution in [-0.2, 0) is 16.1 Å². The average Bonchev–Trinajstić information content (AvgIpc) is 3.00. The van der Waals surface area contributed by atoms with Crippen LogP contribution < -0.4 is 15.0 Å². The number of rotatable bonds is 5. The molecule has 1 aliphatic heterocycles. The Morgan fingerprint density at radius 3 is 3.00 bits per heavy atom. The van der Waals surface area contributed by atoms with Crippen molar-refractivity contribution < 1.29 is 14.3 Å². The molecule has 7 heteroatoms. The van der Waals surface area contributed by atoms with E-state index in [9.17, 15) is 9.59 Å². The zero-order valence-corrected chi connectivity index (χ0v) is 13.5. The molecule has 0 fully saturated rings. The van der Waals surface area contributed by atoms with Crippen molar-refractivity contribution in [3.8, 4) is 5.75 Å². The summed E-state index contributed by atoms with van der Waals surface area (Å²) in [6.45, 7) is 2.78. The standard InChI is InChI=1S/C17H20N4O3/c1-13(11-20-9-4-8-18-20)19-16(22)12-21-14-5-2-3-6-15(14)24-10-7-17(21)23/h2-6,8-9,13H,7,10-12H2,1H3,(H,19,22)/t13-/m1/s1. The Morgan fingerprint density at radius 1 is 1.38 bits per heavy atom. The molecule has 2 aromatic rings. The van der Waals surface area contributed by atoms with Crippen LogP contribution in [-0.4, -0.2) is 40.8 Å². The number of hydrogen-bond acceptors (Lipinski definition) is 4. The molecular weight excluding hydrogens is 308 g/mol. The van der Waals surface area contributed by atoms with Gasteiger partial charge in [-0.1, -0.05) is 12.1 Å². The van der Waals surface area contributed by atoms with Gasteiger partial charge in [-0.3, -0.25) is 19.2 Å². The van der Waals surface area contributed by atoms with Crippen LogP contribution in [0, 0.1) is 0 Å². The smallest absolute Gasteiger partial charge is 0.240 e. The summed E-state index contributed by atoms with van der Waals surface area (Å²) in [4.78, 5) is 26.1. The van der Waals surface area contributed by atoms with Crippen LogP contribution >= 0.6 is 0 Å². The van der Waals surface area contributed by atoms with E-state index in [-0.39, 0.29) is 30.8 Å². The van der Waals surface area contributed by atoms with Gasteiger partial charge in [-0.25, -0.2) is 0 Å². The third-order valence-electron chi connectivity index (χ3n) is 3.76. The maximum atomic E-state index is 12.3. The lowest BCUT2D eigenvalue weighted by Crippen LogP contribution is -2.44. The Morgan fingerprint density at radius 2 is 2.21 bits per heavy atom. The number of para-hydroxylation sites is 2. The molecule has 0 spiro atoms. The van der Waals surface area contributed by atoms with Gasteiger partial charge in [-0.2, -0.15) is 5.10 Å². The van der Waals surface area contributed by atoms with Crippen molar-refractivity contribution in [2.45, 2.75) is 25.9 Å². The summed E-state index contributed by atoms with van der Waals surface area (Å²) in [6.07, 6.45) is 3.79. The van der Waals surface area contributed by atoms with Crippen LogP contribution in [0.15, 0.2) is 42.7 Å². The van der Waals surface area contributed by atoms with Gasteiger partial charge in [0.25, 0.3) is 0 Å². The van der Waals surface area contributed by atoms with Gasteiger partial charge in [-0.05, 0) is 25.1 Å². The molecule has 7 nitrogen and oxygen atoms in total. The first kappa shape index (κ1) is 16.0. The van der Waals surface area contributed by atoms with Crippen molar-refractivity contribution in [1.82, 2.24) is 15.1 Å². The SMILES string of the molecule is C[C@H](Cn1cccn1)NC(=O)CN1C(=O)CCOc2ccccc21. The van der Waals surface area contributed by atoms with Crippen LogP contribution in [0.4, 0.5) is 5.69 Å². The van der Waals surface area contributed by atoms with Crippen LogP contribution in [0.3, 0.4) is 0 Å². The number of benzene rings is 1. The van der Waals surface area contributed by atoms with Gasteiger partial charge in [0.15, 0.2) is 0 Å². The monoisotopic (exact) mass is 328 g/mol. The van der Waals surface area contributed by atoms with Crippen LogP contribution in [0.1, 0.15) is 13.3 Å².